The van der Waals surface area contributed by atoms with Crippen LogP contribution in [0, 0.1) is 23.0 Å². The Morgan fingerprint density at radius 3 is 2.33 bits per heavy atom. The Morgan fingerprint density at radius 1 is 1.22 bits per heavy atom. The molecule has 2 atom stereocenters. The number of benzene rings is 1. The molecule has 0 saturated carbocycles. The fraction of sp³-hybridized carbons (Fsp3) is 0.600. The van der Waals surface area contributed by atoms with E-state index in [9.17, 15) is 13.9 Å². The predicted octanol–water partition coefficient (Wildman–Crippen LogP) is 3.94. The summed E-state index contributed by atoms with van der Waals surface area (Å²) in [6.07, 6.45) is 0.242. The van der Waals surface area contributed by atoms with Crippen LogP contribution in [0.2, 0.25) is 0 Å². The average Bonchev–Trinajstić information content (AvgIpc) is 2.20. The molecule has 18 heavy (non-hydrogen) atoms. The maximum Gasteiger partial charge on any atom is 0.129 e. The van der Waals surface area contributed by atoms with E-state index in [-0.39, 0.29) is 11.8 Å². The molecule has 0 saturated heterocycles. The van der Waals surface area contributed by atoms with E-state index >= 15 is 0 Å². The van der Waals surface area contributed by atoms with Crippen molar-refractivity contribution in [2.45, 2.75) is 46.6 Å². The first-order valence-electron chi connectivity index (χ1n) is 6.32. The molecule has 1 nitrogen and oxygen atoms in total. The van der Waals surface area contributed by atoms with E-state index in [1.54, 1.807) is 0 Å². The van der Waals surface area contributed by atoms with E-state index in [0.717, 1.165) is 6.07 Å². The van der Waals surface area contributed by atoms with Crippen LogP contribution in [0.25, 0.3) is 0 Å². The fourth-order valence-electron chi connectivity index (χ4n) is 1.79. The van der Waals surface area contributed by atoms with Gasteiger partial charge in [0.1, 0.15) is 11.6 Å². The zero-order chi connectivity index (χ0) is 13.9. The van der Waals surface area contributed by atoms with E-state index in [0.29, 0.717) is 17.9 Å². The standard InChI is InChI=1S/C15H22F2O/c1-10(15(2,3)4)7-13(18)8-11-5-6-12(16)9-14(11)17/h5-6,9-10,13,18H,7-8H2,1-4H3. The maximum atomic E-state index is 13.4. The minimum atomic E-state index is -0.598. The Labute approximate surface area is 108 Å². The van der Waals surface area contributed by atoms with Crippen LogP contribution in [-0.2, 0) is 6.42 Å². The van der Waals surface area contributed by atoms with Crippen molar-refractivity contribution in [1.82, 2.24) is 0 Å². The van der Waals surface area contributed by atoms with Crippen molar-refractivity contribution in [3.63, 3.8) is 0 Å². The lowest BCUT2D eigenvalue weighted by molar-refractivity contribution is 0.109. The van der Waals surface area contributed by atoms with Crippen molar-refractivity contribution < 1.29 is 13.9 Å². The van der Waals surface area contributed by atoms with Crippen LogP contribution in [0.15, 0.2) is 18.2 Å². The molecule has 1 N–H and O–H groups in total. The van der Waals surface area contributed by atoms with E-state index in [1.165, 1.54) is 12.1 Å². The summed E-state index contributed by atoms with van der Waals surface area (Å²) in [5.74, 6) is -0.845. The third-order valence-electron chi connectivity index (χ3n) is 3.57. The molecule has 1 rings (SSSR count). The van der Waals surface area contributed by atoms with Gasteiger partial charge in [-0.1, -0.05) is 33.8 Å². The van der Waals surface area contributed by atoms with Crippen LogP contribution in [0.1, 0.15) is 39.7 Å². The van der Waals surface area contributed by atoms with Crippen molar-refractivity contribution in [3.8, 4) is 0 Å². The number of rotatable bonds is 4. The lowest BCUT2D eigenvalue weighted by Crippen LogP contribution is -2.24. The van der Waals surface area contributed by atoms with Crippen LogP contribution in [0.4, 0.5) is 8.78 Å². The molecule has 0 radical (unpaired) electrons. The SMILES string of the molecule is CC(CC(O)Cc1ccc(F)cc1F)C(C)(C)C. The second-order valence-electron chi connectivity index (χ2n) is 6.10. The van der Waals surface area contributed by atoms with Crippen LogP contribution in [0.5, 0.6) is 0 Å². The molecule has 0 aliphatic rings. The van der Waals surface area contributed by atoms with Gasteiger partial charge in [-0.05, 0) is 29.4 Å². The molecule has 102 valence electrons. The summed E-state index contributed by atoms with van der Waals surface area (Å²) in [5, 5.41) is 9.97. The Hall–Kier alpha value is -0.960. The van der Waals surface area contributed by atoms with Gasteiger partial charge in [0.15, 0.2) is 0 Å². The van der Waals surface area contributed by atoms with Crippen LogP contribution >= 0.6 is 0 Å². The highest BCUT2D eigenvalue weighted by Crippen LogP contribution is 2.29. The first-order valence-corrected chi connectivity index (χ1v) is 6.32. The molecule has 0 bridgehead atoms. The molecule has 1 aromatic carbocycles. The highest BCUT2D eigenvalue weighted by Gasteiger charge is 2.23. The number of hydrogen-bond donors (Lipinski definition) is 1. The summed E-state index contributed by atoms with van der Waals surface area (Å²) in [6.45, 7) is 8.42. The minimum absolute atomic E-state index is 0.113. The van der Waals surface area contributed by atoms with E-state index in [4.69, 9.17) is 0 Å². The zero-order valence-corrected chi connectivity index (χ0v) is 11.5. The smallest absolute Gasteiger partial charge is 0.129 e. The normalized spacial score (nSPS) is 15.5. The summed E-state index contributed by atoms with van der Waals surface area (Å²) in [6, 6.07) is 3.48. The van der Waals surface area contributed by atoms with Gasteiger partial charge in [-0.3, -0.25) is 0 Å². The second kappa shape index (κ2) is 5.79. The molecule has 0 heterocycles. The summed E-state index contributed by atoms with van der Waals surface area (Å²) in [4.78, 5) is 0. The molecule has 2 unspecified atom stereocenters. The molecule has 0 aromatic heterocycles. The quantitative estimate of drug-likeness (QED) is 0.865. The zero-order valence-electron chi connectivity index (χ0n) is 11.5. The van der Waals surface area contributed by atoms with Crippen LogP contribution in [-0.4, -0.2) is 11.2 Å². The number of aliphatic hydroxyl groups excluding tert-OH is 1. The average molecular weight is 256 g/mol. The molecule has 0 aliphatic carbocycles. The largest absolute Gasteiger partial charge is 0.393 e. The van der Waals surface area contributed by atoms with E-state index < -0.39 is 17.7 Å². The highest BCUT2D eigenvalue weighted by molar-refractivity contribution is 5.19. The Kier molecular flexibility index (Phi) is 4.85. The van der Waals surface area contributed by atoms with Crippen molar-refractivity contribution in [2.75, 3.05) is 0 Å². The van der Waals surface area contributed by atoms with Gasteiger partial charge >= 0.3 is 0 Å². The predicted molar refractivity (Wildman–Crippen MR) is 69.3 cm³/mol. The summed E-state index contributed by atoms with van der Waals surface area (Å²) >= 11 is 0. The number of halogens is 2. The summed E-state index contributed by atoms with van der Waals surface area (Å²) < 4.78 is 26.2. The molecule has 3 heteroatoms. The Bertz CT molecular complexity index is 396. The summed E-state index contributed by atoms with van der Waals surface area (Å²) in [7, 11) is 0. The topological polar surface area (TPSA) is 20.2 Å². The maximum absolute atomic E-state index is 13.4. The van der Waals surface area contributed by atoms with Crippen LogP contribution in [0.3, 0.4) is 0 Å². The number of hydrogen-bond acceptors (Lipinski definition) is 1. The third kappa shape index (κ3) is 4.37. The minimum Gasteiger partial charge on any atom is -0.393 e. The third-order valence-corrected chi connectivity index (χ3v) is 3.57. The molecule has 1 aromatic rings. The van der Waals surface area contributed by atoms with Gasteiger partial charge in [-0.25, -0.2) is 8.78 Å². The van der Waals surface area contributed by atoms with E-state index in [2.05, 4.69) is 27.7 Å². The van der Waals surface area contributed by atoms with E-state index in [1.807, 2.05) is 0 Å². The lowest BCUT2D eigenvalue weighted by Gasteiger charge is -2.29. The Balaban J connectivity index is 2.62. The van der Waals surface area contributed by atoms with Crippen molar-refractivity contribution >= 4 is 0 Å². The van der Waals surface area contributed by atoms with Gasteiger partial charge in [0.05, 0.1) is 6.10 Å². The molecular weight excluding hydrogens is 234 g/mol. The lowest BCUT2D eigenvalue weighted by atomic mass is 9.78. The van der Waals surface area contributed by atoms with Gasteiger partial charge < -0.3 is 5.11 Å². The molecule has 0 amide bonds. The van der Waals surface area contributed by atoms with Gasteiger partial charge in [-0.2, -0.15) is 0 Å². The fourth-order valence-corrected chi connectivity index (χ4v) is 1.79. The highest BCUT2D eigenvalue weighted by atomic mass is 19.1. The molecule has 0 spiro atoms. The van der Waals surface area contributed by atoms with Gasteiger partial charge in [-0.15, -0.1) is 0 Å². The first kappa shape index (κ1) is 15.1. The van der Waals surface area contributed by atoms with Gasteiger partial charge in [0.2, 0.25) is 0 Å². The summed E-state index contributed by atoms with van der Waals surface area (Å²) in [5.41, 5.74) is 0.479. The molecule has 0 aliphatic heterocycles. The Morgan fingerprint density at radius 2 is 1.83 bits per heavy atom. The van der Waals surface area contributed by atoms with Crippen LogP contribution < -0.4 is 0 Å². The first-order chi connectivity index (χ1) is 8.20. The van der Waals surface area contributed by atoms with Gasteiger partial charge in [0, 0.05) is 12.5 Å². The molecular formula is C15H22F2O. The van der Waals surface area contributed by atoms with Crippen molar-refractivity contribution in [1.29, 1.82) is 0 Å². The van der Waals surface area contributed by atoms with Crippen molar-refractivity contribution in [2.24, 2.45) is 11.3 Å². The number of aliphatic hydroxyl groups is 1. The second-order valence-corrected chi connectivity index (χ2v) is 6.10. The van der Waals surface area contributed by atoms with Gasteiger partial charge in [0.25, 0.3) is 0 Å². The monoisotopic (exact) mass is 256 g/mol. The molecule has 0 fully saturated rings. The van der Waals surface area contributed by atoms with Crippen molar-refractivity contribution in [3.05, 3.63) is 35.4 Å².